The number of hydrogen-bond donors (Lipinski definition) is 3. The average Bonchev–Trinajstić information content (AvgIpc) is 2.65. The van der Waals surface area contributed by atoms with Crippen LogP contribution in [0.2, 0.25) is 0 Å². The molecule has 0 aliphatic carbocycles. The van der Waals surface area contributed by atoms with Crippen LogP contribution >= 0.6 is 0 Å². The molecule has 4 N–H and O–H groups in total. The minimum absolute atomic E-state index is 0.0517. The Labute approximate surface area is 92.6 Å². The molecule has 0 aromatic heterocycles. The number of likely N-dealkylation sites (tertiary alicyclic amines) is 1. The van der Waals surface area contributed by atoms with E-state index >= 15 is 0 Å². The summed E-state index contributed by atoms with van der Waals surface area (Å²) in [6.07, 6.45) is 1.17. The summed E-state index contributed by atoms with van der Waals surface area (Å²) in [5.74, 6) is -1.50. The van der Waals surface area contributed by atoms with E-state index in [4.69, 9.17) is 10.8 Å². The molecule has 1 unspecified atom stereocenters. The van der Waals surface area contributed by atoms with Gasteiger partial charge in [0.15, 0.2) is 0 Å². The fourth-order valence-electron chi connectivity index (χ4n) is 1.68. The number of carbonyl (C=O) groups is 3. The molecule has 1 atom stereocenters. The van der Waals surface area contributed by atoms with Crippen molar-refractivity contribution in [2.45, 2.75) is 25.3 Å². The topological polar surface area (TPSA) is 113 Å². The Morgan fingerprint density at radius 3 is 2.69 bits per heavy atom. The molecule has 3 amide bonds. The minimum atomic E-state index is -0.979. The lowest BCUT2D eigenvalue weighted by Crippen LogP contribution is -2.48. The normalized spacial score (nSPS) is 19.5. The molecule has 7 nitrogen and oxygen atoms in total. The van der Waals surface area contributed by atoms with Crippen LogP contribution in [0.3, 0.4) is 0 Å². The van der Waals surface area contributed by atoms with Crippen molar-refractivity contribution in [3.8, 4) is 0 Å². The SMILES string of the molecule is NC(=O)C1CCCN1C(=O)NCCC(=O)O. The Kier molecular flexibility index (Phi) is 4.10. The lowest BCUT2D eigenvalue weighted by molar-refractivity contribution is -0.136. The number of amides is 3. The molecule has 0 aromatic carbocycles. The number of aliphatic carboxylic acids is 1. The van der Waals surface area contributed by atoms with Gasteiger partial charge in [-0.3, -0.25) is 9.59 Å². The van der Waals surface area contributed by atoms with Gasteiger partial charge < -0.3 is 21.1 Å². The Morgan fingerprint density at radius 1 is 1.44 bits per heavy atom. The Balaban J connectivity index is 2.41. The highest BCUT2D eigenvalue weighted by Crippen LogP contribution is 2.16. The van der Waals surface area contributed by atoms with Gasteiger partial charge in [-0.2, -0.15) is 0 Å². The van der Waals surface area contributed by atoms with Gasteiger partial charge in [0, 0.05) is 13.1 Å². The zero-order chi connectivity index (χ0) is 12.1. The van der Waals surface area contributed by atoms with Crippen molar-refractivity contribution in [1.29, 1.82) is 0 Å². The van der Waals surface area contributed by atoms with Gasteiger partial charge in [0.25, 0.3) is 0 Å². The summed E-state index contributed by atoms with van der Waals surface area (Å²) >= 11 is 0. The van der Waals surface area contributed by atoms with Crippen molar-refractivity contribution in [3.05, 3.63) is 0 Å². The summed E-state index contributed by atoms with van der Waals surface area (Å²) in [7, 11) is 0. The molecular formula is C9H15N3O4. The maximum atomic E-state index is 11.6. The summed E-state index contributed by atoms with van der Waals surface area (Å²) in [4.78, 5) is 34.1. The minimum Gasteiger partial charge on any atom is -0.481 e. The Morgan fingerprint density at radius 2 is 2.12 bits per heavy atom. The average molecular weight is 229 g/mol. The van der Waals surface area contributed by atoms with Gasteiger partial charge in [-0.25, -0.2) is 4.79 Å². The molecule has 1 fully saturated rings. The molecule has 0 aromatic rings. The molecule has 1 heterocycles. The first-order chi connectivity index (χ1) is 7.52. The van der Waals surface area contributed by atoms with Gasteiger partial charge in [0.2, 0.25) is 5.91 Å². The zero-order valence-corrected chi connectivity index (χ0v) is 8.81. The lowest BCUT2D eigenvalue weighted by atomic mass is 10.2. The van der Waals surface area contributed by atoms with Crippen molar-refractivity contribution < 1.29 is 19.5 Å². The number of primary amides is 1. The van der Waals surface area contributed by atoms with E-state index in [9.17, 15) is 14.4 Å². The molecule has 1 rings (SSSR count). The summed E-state index contributed by atoms with van der Waals surface area (Å²) in [5, 5.41) is 10.8. The third-order valence-electron chi connectivity index (χ3n) is 2.46. The molecule has 0 spiro atoms. The van der Waals surface area contributed by atoms with Crippen LogP contribution in [0.15, 0.2) is 0 Å². The van der Waals surface area contributed by atoms with Gasteiger partial charge in [-0.15, -0.1) is 0 Å². The molecular weight excluding hydrogens is 214 g/mol. The van der Waals surface area contributed by atoms with Gasteiger partial charge >= 0.3 is 12.0 Å². The number of carboxylic acids is 1. The van der Waals surface area contributed by atoms with Gasteiger partial charge in [-0.05, 0) is 12.8 Å². The number of nitrogens with zero attached hydrogens (tertiary/aromatic N) is 1. The van der Waals surface area contributed by atoms with Crippen molar-refractivity contribution in [3.63, 3.8) is 0 Å². The molecule has 16 heavy (non-hydrogen) atoms. The van der Waals surface area contributed by atoms with Crippen LogP contribution in [0, 0.1) is 0 Å². The van der Waals surface area contributed by atoms with Gasteiger partial charge in [0.05, 0.1) is 6.42 Å². The van der Waals surface area contributed by atoms with E-state index in [1.54, 1.807) is 0 Å². The number of hydrogen-bond acceptors (Lipinski definition) is 3. The van der Waals surface area contributed by atoms with Crippen LogP contribution in [0.25, 0.3) is 0 Å². The first-order valence-electron chi connectivity index (χ1n) is 5.08. The molecule has 1 aliphatic heterocycles. The van der Waals surface area contributed by atoms with Crippen LogP contribution in [-0.2, 0) is 9.59 Å². The number of nitrogens with two attached hydrogens (primary N) is 1. The number of carboxylic acid groups (broad SMARTS) is 1. The highest BCUT2D eigenvalue weighted by molar-refractivity contribution is 5.86. The number of rotatable bonds is 4. The predicted molar refractivity (Wildman–Crippen MR) is 54.6 cm³/mol. The maximum absolute atomic E-state index is 11.6. The number of carbonyl (C=O) groups excluding carboxylic acids is 2. The predicted octanol–water partition coefficient (Wildman–Crippen LogP) is -0.880. The second-order valence-electron chi connectivity index (χ2n) is 3.63. The monoisotopic (exact) mass is 229 g/mol. The number of urea groups is 1. The van der Waals surface area contributed by atoms with E-state index in [-0.39, 0.29) is 13.0 Å². The molecule has 7 heteroatoms. The lowest BCUT2D eigenvalue weighted by Gasteiger charge is -2.22. The summed E-state index contributed by atoms with van der Waals surface area (Å²) in [6, 6.07) is -0.993. The fraction of sp³-hybridized carbons (Fsp3) is 0.667. The quantitative estimate of drug-likeness (QED) is 0.581. The van der Waals surface area contributed by atoms with Gasteiger partial charge in [-0.1, -0.05) is 0 Å². The van der Waals surface area contributed by atoms with Crippen molar-refractivity contribution in [2.24, 2.45) is 5.73 Å². The first kappa shape index (κ1) is 12.3. The molecule has 1 aliphatic rings. The Hall–Kier alpha value is -1.79. The smallest absolute Gasteiger partial charge is 0.318 e. The van der Waals surface area contributed by atoms with Crippen LogP contribution in [0.5, 0.6) is 0 Å². The van der Waals surface area contributed by atoms with Crippen molar-refractivity contribution in [2.75, 3.05) is 13.1 Å². The van der Waals surface area contributed by atoms with E-state index in [1.807, 2.05) is 0 Å². The highest BCUT2D eigenvalue weighted by Gasteiger charge is 2.32. The highest BCUT2D eigenvalue weighted by atomic mass is 16.4. The summed E-state index contributed by atoms with van der Waals surface area (Å²) in [6.45, 7) is 0.530. The van der Waals surface area contributed by atoms with E-state index in [2.05, 4.69) is 5.32 Å². The van der Waals surface area contributed by atoms with Crippen LogP contribution < -0.4 is 11.1 Å². The zero-order valence-electron chi connectivity index (χ0n) is 8.81. The second-order valence-corrected chi connectivity index (χ2v) is 3.63. The third kappa shape index (κ3) is 3.11. The maximum Gasteiger partial charge on any atom is 0.318 e. The largest absolute Gasteiger partial charge is 0.481 e. The van der Waals surface area contributed by atoms with Crippen molar-refractivity contribution >= 4 is 17.9 Å². The molecule has 90 valence electrons. The van der Waals surface area contributed by atoms with E-state index in [1.165, 1.54) is 4.90 Å². The van der Waals surface area contributed by atoms with E-state index in [0.29, 0.717) is 13.0 Å². The third-order valence-corrected chi connectivity index (χ3v) is 2.46. The first-order valence-corrected chi connectivity index (χ1v) is 5.08. The second kappa shape index (κ2) is 5.34. The number of nitrogens with one attached hydrogen (secondary N) is 1. The van der Waals surface area contributed by atoms with Crippen molar-refractivity contribution in [1.82, 2.24) is 10.2 Å². The fourth-order valence-corrected chi connectivity index (χ4v) is 1.68. The van der Waals surface area contributed by atoms with E-state index < -0.39 is 23.9 Å². The van der Waals surface area contributed by atoms with Crippen LogP contribution in [0.1, 0.15) is 19.3 Å². The molecule has 0 bridgehead atoms. The van der Waals surface area contributed by atoms with E-state index in [0.717, 1.165) is 6.42 Å². The summed E-state index contributed by atoms with van der Waals surface area (Å²) in [5.41, 5.74) is 5.15. The molecule has 1 saturated heterocycles. The Bertz CT molecular complexity index is 305. The van der Waals surface area contributed by atoms with Crippen LogP contribution in [-0.4, -0.2) is 47.0 Å². The summed E-state index contributed by atoms with van der Waals surface area (Å²) < 4.78 is 0. The standard InChI is InChI=1S/C9H15N3O4/c10-8(15)6-2-1-5-12(6)9(16)11-4-3-7(13)14/h6H,1-5H2,(H2,10,15)(H,11,16)(H,13,14). The van der Waals surface area contributed by atoms with Crippen LogP contribution in [0.4, 0.5) is 4.79 Å². The molecule has 0 radical (unpaired) electrons. The van der Waals surface area contributed by atoms with Gasteiger partial charge in [0.1, 0.15) is 6.04 Å². The molecule has 0 saturated carbocycles.